The van der Waals surface area contributed by atoms with Crippen molar-refractivity contribution in [3.8, 4) is 0 Å². The third-order valence-corrected chi connectivity index (χ3v) is 4.01. The van der Waals surface area contributed by atoms with Gasteiger partial charge in [0.05, 0.1) is 11.4 Å². The Morgan fingerprint density at radius 3 is 2.65 bits per heavy atom. The molecular weight excluding hydrogens is 244 g/mol. The molecule has 1 aliphatic rings. The number of rotatable bonds is 3. The molecule has 0 amide bonds. The fourth-order valence-electron chi connectivity index (χ4n) is 2.93. The predicted octanol–water partition coefficient (Wildman–Crippen LogP) is 4.51. The van der Waals surface area contributed by atoms with Crippen LogP contribution in [0.3, 0.4) is 0 Å². The van der Waals surface area contributed by atoms with E-state index in [1.54, 1.807) is 0 Å². The number of nitrogens with zero attached hydrogens (tertiary/aromatic N) is 1. The van der Waals surface area contributed by atoms with Crippen LogP contribution in [-0.4, -0.2) is 13.1 Å². The maximum absolute atomic E-state index is 3.59. The van der Waals surface area contributed by atoms with Gasteiger partial charge in [-0.05, 0) is 50.5 Å². The maximum atomic E-state index is 3.59. The van der Waals surface area contributed by atoms with Gasteiger partial charge in [0.15, 0.2) is 0 Å². The summed E-state index contributed by atoms with van der Waals surface area (Å²) in [7, 11) is 0. The topological polar surface area (TPSA) is 15.3 Å². The molecule has 2 aromatic rings. The van der Waals surface area contributed by atoms with Crippen LogP contribution in [0.25, 0.3) is 0 Å². The number of hydrogen-bond acceptors (Lipinski definition) is 2. The molecule has 1 aliphatic heterocycles. The second-order valence-electron chi connectivity index (χ2n) is 5.42. The van der Waals surface area contributed by atoms with Crippen molar-refractivity contribution in [1.29, 1.82) is 0 Å². The van der Waals surface area contributed by atoms with Crippen LogP contribution in [0.5, 0.6) is 0 Å². The number of nitrogens with one attached hydrogen (secondary N) is 1. The van der Waals surface area contributed by atoms with Gasteiger partial charge in [0.2, 0.25) is 0 Å². The monoisotopic (exact) mass is 266 g/mol. The van der Waals surface area contributed by atoms with Gasteiger partial charge in [0.1, 0.15) is 0 Å². The highest BCUT2D eigenvalue weighted by Crippen LogP contribution is 2.36. The zero-order valence-corrected chi connectivity index (χ0v) is 12.3. The predicted molar refractivity (Wildman–Crippen MR) is 87.1 cm³/mol. The molecule has 0 aliphatic carbocycles. The molecular formula is C18H22N2. The van der Waals surface area contributed by atoms with Gasteiger partial charge in [-0.1, -0.05) is 29.8 Å². The number of aryl methyl sites for hydroxylation is 2. The van der Waals surface area contributed by atoms with Gasteiger partial charge in [0.25, 0.3) is 0 Å². The maximum Gasteiger partial charge on any atom is 0.0649 e. The minimum Gasteiger partial charge on any atom is -0.383 e. The number of fused-ring (bicyclic) bond motifs is 1. The average Bonchev–Trinajstić information content (AvgIpc) is 2.50. The minimum absolute atomic E-state index is 0.973. The summed E-state index contributed by atoms with van der Waals surface area (Å²) in [6, 6.07) is 15.4. The van der Waals surface area contributed by atoms with E-state index in [0.29, 0.717) is 0 Å². The summed E-state index contributed by atoms with van der Waals surface area (Å²) in [5.41, 5.74) is 6.63. The highest BCUT2D eigenvalue weighted by molar-refractivity contribution is 5.79. The van der Waals surface area contributed by atoms with E-state index in [9.17, 15) is 0 Å². The van der Waals surface area contributed by atoms with E-state index in [1.807, 2.05) is 0 Å². The van der Waals surface area contributed by atoms with Crippen molar-refractivity contribution < 1.29 is 0 Å². The summed E-state index contributed by atoms with van der Waals surface area (Å²) in [5.74, 6) is 0. The third-order valence-electron chi connectivity index (χ3n) is 4.01. The lowest BCUT2D eigenvalue weighted by atomic mass is 10.0. The third kappa shape index (κ3) is 2.38. The van der Waals surface area contributed by atoms with Gasteiger partial charge < -0.3 is 10.2 Å². The fraction of sp³-hybridized carbons (Fsp3) is 0.333. The molecule has 3 rings (SSSR count). The van der Waals surface area contributed by atoms with Crippen LogP contribution in [0.4, 0.5) is 17.1 Å². The lowest BCUT2D eigenvalue weighted by molar-refractivity contribution is 0.827. The second kappa shape index (κ2) is 5.58. The summed E-state index contributed by atoms with van der Waals surface area (Å²) in [6.45, 7) is 6.39. The molecule has 0 radical (unpaired) electrons. The molecule has 1 N–H and O–H groups in total. The molecule has 0 atom stereocenters. The highest BCUT2D eigenvalue weighted by atomic mass is 15.1. The van der Waals surface area contributed by atoms with E-state index in [0.717, 1.165) is 13.1 Å². The van der Waals surface area contributed by atoms with E-state index in [-0.39, 0.29) is 0 Å². The highest BCUT2D eigenvalue weighted by Gasteiger charge is 2.17. The SMILES string of the molecule is CCN(c1ccc(C)cc1)c1cccc2c1NCCC2. The number of benzene rings is 2. The molecule has 2 nitrogen and oxygen atoms in total. The van der Waals surface area contributed by atoms with Gasteiger partial charge in [-0.25, -0.2) is 0 Å². The van der Waals surface area contributed by atoms with Gasteiger partial charge in [-0.15, -0.1) is 0 Å². The first kappa shape index (κ1) is 13.0. The van der Waals surface area contributed by atoms with Gasteiger partial charge in [-0.3, -0.25) is 0 Å². The first-order chi connectivity index (χ1) is 9.79. The van der Waals surface area contributed by atoms with E-state index in [2.05, 4.69) is 66.5 Å². The Balaban J connectivity index is 2.03. The van der Waals surface area contributed by atoms with Crippen LogP contribution < -0.4 is 10.2 Å². The summed E-state index contributed by atoms with van der Waals surface area (Å²) in [5, 5.41) is 3.59. The van der Waals surface area contributed by atoms with Crippen LogP contribution >= 0.6 is 0 Å². The Labute approximate surface area is 121 Å². The first-order valence-corrected chi connectivity index (χ1v) is 7.49. The van der Waals surface area contributed by atoms with Gasteiger partial charge >= 0.3 is 0 Å². The standard InChI is InChI=1S/C18H22N2/c1-3-20(16-11-9-14(2)10-12-16)17-8-4-6-15-7-5-13-19-18(15)17/h4,6,8-12,19H,3,5,7,13H2,1-2H3. The van der Waals surface area contributed by atoms with E-state index >= 15 is 0 Å². The van der Waals surface area contributed by atoms with E-state index in [1.165, 1.54) is 41.0 Å². The molecule has 2 aromatic carbocycles. The lowest BCUT2D eigenvalue weighted by Gasteiger charge is -2.29. The molecule has 0 bridgehead atoms. The zero-order valence-electron chi connectivity index (χ0n) is 12.3. The quantitative estimate of drug-likeness (QED) is 0.879. The van der Waals surface area contributed by atoms with Crippen molar-refractivity contribution in [3.05, 3.63) is 53.6 Å². The molecule has 0 fully saturated rings. The Kier molecular flexibility index (Phi) is 3.64. The summed E-state index contributed by atoms with van der Waals surface area (Å²) in [6.07, 6.45) is 2.41. The van der Waals surface area contributed by atoms with Gasteiger partial charge in [-0.2, -0.15) is 0 Å². The van der Waals surface area contributed by atoms with Crippen molar-refractivity contribution >= 4 is 17.1 Å². The molecule has 0 spiro atoms. The molecule has 2 heteroatoms. The summed E-state index contributed by atoms with van der Waals surface area (Å²) < 4.78 is 0. The normalized spacial score (nSPS) is 13.5. The molecule has 20 heavy (non-hydrogen) atoms. The van der Waals surface area contributed by atoms with Crippen molar-refractivity contribution in [3.63, 3.8) is 0 Å². The van der Waals surface area contributed by atoms with Crippen molar-refractivity contribution in [1.82, 2.24) is 0 Å². The van der Waals surface area contributed by atoms with Crippen LogP contribution in [0.2, 0.25) is 0 Å². The Morgan fingerprint density at radius 2 is 1.90 bits per heavy atom. The van der Waals surface area contributed by atoms with Gasteiger partial charge in [0, 0.05) is 18.8 Å². The Morgan fingerprint density at radius 1 is 1.10 bits per heavy atom. The molecule has 0 aromatic heterocycles. The first-order valence-electron chi connectivity index (χ1n) is 7.49. The molecule has 0 saturated heterocycles. The Hall–Kier alpha value is -1.96. The number of para-hydroxylation sites is 1. The van der Waals surface area contributed by atoms with Crippen molar-refractivity contribution in [2.24, 2.45) is 0 Å². The fourth-order valence-corrected chi connectivity index (χ4v) is 2.93. The lowest BCUT2D eigenvalue weighted by Crippen LogP contribution is -2.21. The molecule has 0 saturated carbocycles. The smallest absolute Gasteiger partial charge is 0.0649 e. The van der Waals surface area contributed by atoms with Crippen LogP contribution in [0.1, 0.15) is 24.5 Å². The summed E-state index contributed by atoms with van der Waals surface area (Å²) in [4.78, 5) is 2.39. The molecule has 104 valence electrons. The molecule has 1 heterocycles. The van der Waals surface area contributed by atoms with Crippen molar-refractivity contribution in [2.75, 3.05) is 23.3 Å². The van der Waals surface area contributed by atoms with Crippen LogP contribution in [0.15, 0.2) is 42.5 Å². The number of anilines is 3. The second-order valence-corrected chi connectivity index (χ2v) is 5.42. The Bertz CT molecular complexity index is 587. The minimum atomic E-state index is 0.973. The van der Waals surface area contributed by atoms with E-state index in [4.69, 9.17) is 0 Å². The van der Waals surface area contributed by atoms with Crippen LogP contribution in [-0.2, 0) is 6.42 Å². The largest absolute Gasteiger partial charge is 0.383 e. The van der Waals surface area contributed by atoms with Crippen molar-refractivity contribution in [2.45, 2.75) is 26.7 Å². The van der Waals surface area contributed by atoms with Crippen LogP contribution in [0, 0.1) is 6.92 Å². The number of hydrogen-bond donors (Lipinski definition) is 1. The average molecular weight is 266 g/mol. The summed E-state index contributed by atoms with van der Waals surface area (Å²) >= 11 is 0. The zero-order chi connectivity index (χ0) is 13.9. The van der Waals surface area contributed by atoms with E-state index < -0.39 is 0 Å². The molecule has 0 unspecified atom stereocenters.